The predicted octanol–water partition coefficient (Wildman–Crippen LogP) is 1.73. The van der Waals surface area contributed by atoms with Crippen LogP contribution in [0.15, 0.2) is 35.8 Å². The minimum absolute atomic E-state index is 0.160. The summed E-state index contributed by atoms with van der Waals surface area (Å²) in [5.41, 5.74) is 0.385. The van der Waals surface area contributed by atoms with Crippen LogP contribution < -0.4 is 9.50 Å². The van der Waals surface area contributed by atoms with Gasteiger partial charge in [0.15, 0.2) is 5.13 Å². The Morgan fingerprint density at radius 2 is 2.00 bits per heavy atom. The lowest BCUT2D eigenvalue weighted by Gasteiger charge is -2.04. The van der Waals surface area contributed by atoms with Crippen LogP contribution in [0, 0.1) is 0 Å². The summed E-state index contributed by atoms with van der Waals surface area (Å²) in [5.74, 6) is -0.158. The van der Waals surface area contributed by atoms with E-state index in [1.54, 1.807) is 11.6 Å². The van der Waals surface area contributed by atoms with Crippen molar-refractivity contribution in [3.8, 4) is 5.75 Å². The summed E-state index contributed by atoms with van der Waals surface area (Å²) in [7, 11) is -3.56. The van der Waals surface area contributed by atoms with Crippen molar-refractivity contribution in [2.75, 3.05) is 11.6 Å². The summed E-state index contributed by atoms with van der Waals surface area (Å²) in [6, 6.07) is 5.78. The number of carbonyl (C=O) groups excluding carboxylic acids is 1. The summed E-state index contributed by atoms with van der Waals surface area (Å²) in [4.78, 5) is 15.7. The number of aromatic nitrogens is 1. The van der Waals surface area contributed by atoms with Crippen molar-refractivity contribution in [1.82, 2.24) is 4.98 Å². The molecule has 0 fully saturated rings. The number of amides is 1. The molecular weight excluding hydrogens is 288 g/mol. The summed E-state index contributed by atoms with van der Waals surface area (Å²) >= 11 is 1.31. The van der Waals surface area contributed by atoms with Crippen LogP contribution >= 0.6 is 11.3 Å². The van der Waals surface area contributed by atoms with E-state index in [-0.39, 0.29) is 11.7 Å². The Balaban J connectivity index is 2.08. The van der Waals surface area contributed by atoms with Crippen molar-refractivity contribution in [3.05, 3.63) is 41.4 Å². The maximum Gasteiger partial charge on any atom is 0.306 e. The van der Waals surface area contributed by atoms with Crippen molar-refractivity contribution >= 4 is 32.5 Å². The predicted molar refractivity (Wildman–Crippen MR) is 72.0 cm³/mol. The van der Waals surface area contributed by atoms with Crippen LogP contribution in [-0.2, 0) is 10.1 Å². The highest BCUT2D eigenvalue weighted by atomic mass is 32.2. The molecule has 1 aromatic heterocycles. The van der Waals surface area contributed by atoms with Gasteiger partial charge in [-0.25, -0.2) is 4.98 Å². The van der Waals surface area contributed by atoms with Gasteiger partial charge < -0.3 is 4.18 Å². The monoisotopic (exact) mass is 298 g/mol. The van der Waals surface area contributed by atoms with E-state index >= 15 is 0 Å². The van der Waals surface area contributed by atoms with E-state index in [1.165, 1.54) is 35.6 Å². The minimum Gasteiger partial charge on any atom is -0.383 e. The first-order valence-corrected chi connectivity index (χ1v) is 7.84. The van der Waals surface area contributed by atoms with Gasteiger partial charge in [0, 0.05) is 17.1 Å². The Labute approximate surface area is 114 Å². The molecule has 1 heterocycles. The molecule has 0 spiro atoms. The molecule has 100 valence electrons. The molecule has 1 aromatic carbocycles. The fourth-order valence-electron chi connectivity index (χ4n) is 1.29. The van der Waals surface area contributed by atoms with E-state index in [0.29, 0.717) is 10.7 Å². The number of nitrogens with one attached hydrogen (secondary N) is 1. The van der Waals surface area contributed by atoms with Crippen molar-refractivity contribution in [2.45, 2.75) is 0 Å². The molecule has 2 aromatic rings. The zero-order valence-electron chi connectivity index (χ0n) is 9.86. The Kier molecular flexibility index (Phi) is 3.82. The van der Waals surface area contributed by atoms with Crippen LogP contribution in [0.5, 0.6) is 5.75 Å². The van der Waals surface area contributed by atoms with Crippen LogP contribution in [0.2, 0.25) is 0 Å². The molecule has 6 nitrogen and oxygen atoms in total. The summed E-state index contributed by atoms with van der Waals surface area (Å²) in [6.45, 7) is 0. The number of anilines is 1. The van der Waals surface area contributed by atoms with Gasteiger partial charge in [-0.1, -0.05) is 0 Å². The second-order valence-corrected chi connectivity index (χ2v) is 6.07. The van der Waals surface area contributed by atoms with Gasteiger partial charge in [0.25, 0.3) is 5.91 Å². The molecule has 0 saturated heterocycles. The molecule has 1 N–H and O–H groups in total. The van der Waals surface area contributed by atoms with Crippen LogP contribution in [0.1, 0.15) is 10.4 Å². The van der Waals surface area contributed by atoms with Crippen molar-refractivity contribution in [3.63, 3.8) is 0 Å². The average molecular weight is 298 g/mol. The van der Waals surface area contributed by atoms with E-state index in [9.17, 15) is 13.2 Å². The first-order valence-electron chi connectivity index (χ1n) is 5.14. The van der Waals surface area contributed by atoms with E-state index in [2.05, 4.69) is 14.5 Å². The highest BCUT2D eigenvalue weighted by Crippen LogP contribution is 2.16. The molecule has 0 atom stereocenters. The quantitative estimate of drug-likeness (QED) is 0.869. The third kappa shape index (κ3) is 4.04. The molecule has 0 bridgehead atoms. The van der Waals surface area contributed by atoms with Crippen LogP contribution in [0.4, 0.5) is 5.13 Å². The summed E-state index contributed by atoms with van der Waals surface area (Å²) < 4.78 is 26.5. The van der Waals surface area contributed by atoms with E-state index in [1.807, 2.05) is 0 Å². The molecule has 0 aliphatic rings. The van der Waals surface area contributed by atoms with Crippen LogP contribution in [0.25, 0.3) is 0 Å². The normalized spacial score (nSPS) is 11.0. The zero-order valence-corrected chi connectivity index (χ0v) is 11.5. The second kappa shape index (κ2) is 5.37. The smallest absolute Gasteiger partial charge is 0.306 e. The van der Waals surface area contributed by atoms with Crippen molar-refractivity contribution in [2.24, 2.45) is 0 Å². The first-order chi connectivity index (χ1) is 8.94. The molecule has 19 heavy (non-hydrogen) atoms. The lowest BCUT2D eigenvalue weighted by Crippen LogP contribution is -2.11. The molecule has 0 unspecified atom stereocenters. The average Bonchev–Trinajstić information content (AvgIpc) is 2.80. The maximum atomic E-state index is 11.8. The minimum atomic E-state index is -3.56. The Bertz CT molecular complexity index is 663. The fourth-order valence-corrected chi connectivity index (χ4v) is 2.28. The summed E-state index contributed by atoms with van der Waals surface area (Å²) in [6.07, 6.45) is 2.54. The molecule has 8 heteroatoms. The maximum absolute atomic E-state index is 11.8. The Morgan fingerprint density at radius 3 is 2.53 bits per heavy atom. The lowest BCUT2D eigenvalue weighted by atomic mass is 10.2. The molecule has 0 aliphatic carbocycles. The summed E-state index contributed by atoms with van der Waals surface area (Å²) in [5, 5.41) is 4.87. The number of hydrogen-bond donors (Lipinski definition) is 1. The Morgan fingerprint density at radius 1 is 1.32 bits per heavy atom. The fraction of sp³-hybridized carbons (Fsp3) is 0.0909. The number of hydrogen-bond acceptors (Lipinski definition) is 6. The molecule has 1 amide bonds. The van der Waals surface area contributed by atoms with Gasteiger partial charge >= 0.3 is 10.1 Å². The molecular formula is C11H10N2O4S2. The topological polar surface area (TPSA) is 85.4 Å². The zero-order chi connectivity index (χ0) is 13.9. The van der Waals surface area contributed by atoms with Crippen LogP contribution in [0.3, 0.4) is 0 Å². The molecule has 0 radical (unpaired) electrons. The highest BCUT2D eigenvalue weighted by molar-refractivity contribution is 7.86. The van der Waals surface area contributed by atoms with E-state index in [0.717, 1.165) is 6.26 Å². The van der Waals surface area contributed by atoms with Crippen molar-refractivity contribution < 1.29 is 17.4 Å². The standard InChI is InChI=1S/C11H10N2O4S2/c1-19(15,16)17-9-4-2-8(3-5-9)10(14)13-11-12-6-7-18-11/h2-7H,1H3,(H,12,13,14). The van der Waals surface area contributed by atoms with Gasteiger partial charge in [0.2, 0.25) is 0 Å². The number of rotatable bonds is 4. The highest BCUT2D eigenvalue weighted by Gasteiger charge is 2.09. The molecule has 2 rings (SSSR count). The Hall–Kier alpha value is -1.93. The number of nitrogens with zero attached hydrogens (tertiary/aromatic N) is 1. The first kappa shape index (κ1) is 13.5. The van der Waals surface area contributed by atoms with E-state index < -0.39 is 10.1 Å². The second-order valence-electron chi connectivity index (χ2n) is 3.60. The number of thiazole rings is 1. The van der Waals surface area contributed by atoms with Gasteiger partial charge in [-0.3, -0.25) is 10.1 Å². The van der Waals surface area contributed by atoms with E-state index in [4.69, 9.17) is 0 Å². The van der Waals surface area contributed by atoms with Gasteiger partial charge in [0.1, 0.15) is 5.75 Å². The lowest BCUT2D eigenvalue weighted by molar-refractivity contribution is 0.102. The molecule has 0 aliphatic heterocycles. The largest absolute Gasteiger partial charge is 0.383 e. The van der Waals surface area contributed by atoms with Gasteiger partial charge in [-0.2, -0.15) is 8.42 Å². The van der Waals surface area contributed by atoms with Gasteiger partial charge in [-0.05, 0) is 24.3 Å². The van der Waals surface area contributed by atoms with Crippen molar-refractivity contribution in [1.29, 1.82) is 0 Å². The molecule has 0 saturated carbocycles. The van der Waals surface area contributed by atoms with Crippen LogP contribution in [-0.4, -0.2) is 25.6 Å². The number of benzene rings is 1. The third-order valence-corrected chi connectivity index (χ3v) is 3.20. The van der Waals surface area contributed by atoms with Gasteiger partial charge in [-0.15, -0.1) is 11.3 Å². The third-order valence-electron chi connectivity index (χ3n) is 2.02. The van der Waals surface area contributed by atoms with Gasteiger partial charge in [0.05, 0.1) is 6.26 Å². The number of carbonyl (C=O) groups is 1. The SMILES string of the molecule is CS(=O)(=O)Oc1ccc(C(=O)Nc2nccs2)cc1.